The summed E-state index contributed by atoms with van der Waals surface area (Å²) in [5.74, 6) is -0.361. The van der Waals surface area contributed by atoms with Crippen molar-refractivity contribution in [3.8, 4) is 5.69 Å². The second kappa shape index (κ2) is 6.50. The van der Waals surface area contributed by atoms with Gasteiger partial charge in [0.15, 0.2) is 0 Å². The lowest BCUT2D eigenvalue weighted by molar-refractivity contribution is 0.0216. The number of para-hydroxylation sites is 1. The van der Waals surface area contributed by atoms with Crippen LogP contribution in [-0.4, -0.2) is 32.4 Å². The van der Waals surface area contributed by atoms with Crippen LogP contribution in [0.15, 0.2) is 30.5 Å². The van der Waals surface area contributed by atoms with Gasteiger partial charge >= 0.3 is 6.09 Å². The van der Waals surface area contributed by atoms with Gasteiger partial charge in [0.25, 0.3) is 0 Å². The molecule has 5 nitrogen and oxygen atoms in total. The van der Waals surface area contributed by atoms with E-state index in [0.29, 0.717) is 17.8 Å². The molecule has 1 amide bonds. The number of amides is 1. The first-order valence-electron chi connectivity index (χ1n) is 8.54. The fourth-order valence-electron chi connectivity index (χ4n) is 2.72. The van der Waals surface area contributed by atoms with E-state index < -0.39 is 5.60 Å². The molecule has 1 aromatic heterocycles. The SMILES string of the molecule is Cc1ccn(-c2c(F)cccc2CN(C(=O)OC(C)(C)C)C2CC2)n1. The first-order valence-corrected chi connectivity index (χ1v) is 8.54. The molecular formula is C19H24FN3O2. The molecule has 6 heteroatoms. The third-order valence-electron chi connectivity index (χ3n) is 3.98. The molecule has 0 saturated heterocycles. The highest BCUT2D eigenvalue weighted by atomic mass is 19.1. The molecule has 0 atom stereocenters. The van der Waals surface area contributed by atoms with Crippen LogP contribution in [0.1, 0.15) is 44.9 Å². The number of ether oxygens (including phenoxy) is 1. The molecular weight excluding hydrogens is 321 g/mol. The lowest BCUT2D eigenvalue weighted by atomic mass is 10.1. The molecule has 1 heterocycles. The Morgan fingerprint density at radius 3 is 2.64 bits per heavy atom. The number of aryl methyl sites for hydroxylation is 1. The highest BCUT2D eigenvalue weighted by molar-refractivity contribution is 5.69. The Labute approximate surface area is 147 Å². The Morgan fingerprint density at radius 2 is 2.08 bits per heavy atom. The lowest BCUT2D eigenvalue weighted by Crippen LogP contribution is -2.38. The zero-order chi connectivity index (χ0) is 18.2. The topological polar surface area (TPSA) is 47.4 Å². The summed E-state index contributed by atoms with van der Waals surface area (Å²) in [7, 11) is 0. The number of benzene rings is 1. The van der Waals surface area contributed by atoms with Crippen LogP contribution in [0, 0.1) is 12.7 Å². The summed E-state index contributed by atoms with van der Waals surface area (Å²) >= 11 is 0. The molecule has 0 radical (unpaired) electrons. The zero-order valence-corrected chi connectivity index (χ0v) is 15.1. The monoisotopic (exact) mass is 345 g/mol. The van der Waals surface area contributed by atoms with Gasteiger partial charge in [-0.05, 0) is 52.7 Å². The fraction of sp³-hybridized carbons (Fsp3) is 0.474. The summed E-state index contributed by atoms with van der Waals surface area (Å²) in [6.45, 7) is 7.68. The summed E-state index contributed by atoms with van der Waals surface area (Å²) in [6.07, 6.45) is 3.27. The van der Waals surface area contributed by atoms with Gasteiger partial charge < -0.3 is 9.64 Å². The average molecular weight is 345 g/mol. The van der Waals surface area contributed by atoms with E-state index in [-0.39, 0.29) is 18.0 Å². The van der Waals surface area contributed by atoms with Gasteiger partial charge in [-0.2, -0.15) is 5.10 Å². The van der Waals surface area contributed by atoms with Crippen molar-refractivity contribution in [2.75, 3.05) is 0 Å². The predicted molar refractivity (Wildman–Crippen MR) is 93.1 cm³/mol. The van der Waals surface area contributed by atoms with Gasteiger partial charge in [0.05, 0.1) is 12.2 Å². The van der Waals surface area contributed by atoms with Crippen molar-refractivity contribution in [2.24, 2.45) is 0 Å². The molecule has 1 saturated carbocycles. The minimum Gasteiger partial charge on any atom is -0.444 e. The second-order valence-corrected chi connectivity index (χ2v) is 7.49. The molecule has 0 spiro atoms. The van der Waals surface area contributed by atoms with Crippen LogP contribution in [0.3, 0.4) is 0 Å². The van der Waals surface area contributed by atoms with E-state index in [2.05, 4.69) is 5.10 Å². The number of carbonyl (C=O) groups excluding carboxylic acids is 1. The summed E-state index contributed by atoms with van der Waals surface area (Å²) in [6, 6.07) is 6.87. The largest absolute Gasteiger partial charge is 0.444 e. The number of aromatic nitrogens is 2. The first kappa shape index (κ1) is 17.5. The van der Waals surface area contributed by atoms with Crippen molar-refractivity contribution in [3.05, 3.63) is 47.5 Å². The van der Waals surface area contributed by atoms with Gasteiger partial charge in [-0.15, -0.1) is 0 Å². The lowest BCUT2D eigenvalue weighted by Gasteiger charge is -2.28. The van der Waals surface area contributed by atoms with Crippen LogP contribution >= 0.6 is 0 Å². The van der Waals surface area contributed by atoms with Crippen LogP contribution in [0.25, 0.3) is 5.69 Å². The summed E-state index contributed by atoms with van der Waals surface area (Å²) in [5, 5.41) is 4.32. The summed E-state index contributed by atoms with van der Waals surface area (Å²) in [4.78, 5) is 14.3. The zero-order valence-electron chi connectivity index (χ0n) is 15.1. The van der Waals surface area contributed by atoms with Gasteiger partial charge in [0.2, 0.25) is 0 Å². The molecule has 0 bridgehead atoms. The van der Waals surface area contributed by atoms with E-state index in [4.69, 9.17) is 4.74 Å². The minimum atomic E-state index is -0.561. The minimum absolute atomic E-state index is 0.158. The van der Waals surface area contributed by atoms with E-state index in [1.165, 1.54) is 10.7 Å². The molecule has 0 aliphatic heterocycles. The third kappa shape index (κ3) is 4.18. The van der Waals surface area contributed by atoms with Crippen LogP contribution in [0.5, 0.6) is 0 Å². The summed E-state index contributed by atoms with van der Waals surface area (Å²) in [5.41, 5.74) is 1.33. The van der Waals surface area contributed by atoms with E-state index >= 15 is 0 Å². The number of halogens is 1. The van der Waals surface area contributed by atoms with Gasteiger partial charge in [-0.1, -0.05) is 12.1 Å². The molecule has 1 aromatic carbocycles. The molecule has 3 rings (SSSR count). The number of rotatable bonds is 4. The number of carbonyl (C=O) groups is 1. The predicted octanol–water partition coefficient (Wildman–Crippen LogP) is 4.22. The van der Waals surface area contributed by atoms with Crippen molar-refractivity contribution < 1.29 is 13.9 Å². The van der Waals surface area contributed by atoms with E-state index in [1.807, 2.05) is 39.8 Å². The van der Waals surface area contributed by atoms with E-state index in [0.717, 1.165) is 18.5 Å². The number of nitrogens with zero attached hydrogens (tertiary/aromatic N) is 3. The molecule has 1 aliphatic rings. The maximum absolute atomic E-state index is 14.5. The highest BCUT2D eigenvalue weighted by Crippen LogP contribution is 2.31. The van der Waals surface area contributed by atoms with Gasteiger partial charge in [-0.3, -0.25) is 0 Å². The van der Waals surface area contributed by atoms with Crippen molar-refractivity contribution >= 4 is 6.09 Å². The van der Waals surface area contributed by atoms with Crippen molar-refractivity contribution in [3.63, 3.8) is 0 Å². The molecule has 1 aliphatic carbocycles. The van der Waals surface area contributed by atoms with Gasteiger partial charge in [-0.25, -0.2) is 13.9 Å². The molecule has 0 N–H and O–H groups in total. The van der Waals surface area contributed by atoms with Crippen LogP contribution < -0.4 is 0 Å². The van der Waals surface area contributed by atoms with Crippen LogP contribution in [0.4, 0.5) is 9.18 Å². The average Bonchev–Trinajstić information content (AvgIpc) is 3.24. The normalized spacial score (nSPS) is 14.4. The Balaban J connectivity index is 1.91. The quantitative estimate of drug-likeness (QED) is 0.833. The molecule has 0 unspecified atom stereocenters. The van der Waals surface area contributed by atoms with Crippen LogP contribution in [-0.2, 0) is 11.3 Å². The second-order valence-electron chi connectivity index (χ2n) is 7.49. The van der Waals surface area contributed by atoms with Crippen molar-refractivity contribution in [1.82, 2.24) is 14.7 Å². The fourth-order valence-corrected chi connectivity index (χ4v) is 2.72. The number of hydrogen-bond acceptors (Lipinski definition) is 3. The van der Waals surface area contributed by atoms with Crippen molar-refractivity contribution in [2.45, 2.75) is 58.7 Å². The Hall–Kier alpha value is -2.37. The van der Waals surface area contributed by atoms with Gasteiger partial charge in [0.1, 0.15) is 17.1 Å². The number of hydrogen-bond donors (Lipinski definition) is 0. The standard InChI is InChI=1S/C19H24FN3O2/c1-13-10-11-23(21-13)17-14(6-5-7-16(17)20)12-22(15-8-9-15)18(24)25-19(2,3)4/h5-7,10-11,15H,8-9,12H2,1-4H3. The molecule has 1 fully saturated rings. The maximum atomic E-state index is 14.5. The summed E-state index contributed by atoms with van der Waals surface area (Å²) < 4.78 is 21.5. The van der Waals surface area contributed by atoms with Crippen LogP contribution in [0.2, 0.25) is 0 Å². The smallest absolute Gasteiger partial charge is 0.410 e. The van der Waals surface area contributed by atoms with E-state index in [1.54, 1.807) is 17.2 Å². The molecule has 134 valence electrons. The Kier molecular flexibility index (Phi) is 4.54. The molecule has 25 heavy (non-hydrogen) atoms. The third-order valence-corrected chi connectivity index (χ3v) is 3.98. The Morgan fingerprint density at radius 1 is 1.36 bits per heavy atom. The van der Waals surface area contributed by atoms with Crippen molar-refractivity contribution in [1.29, 1.82) is 0 Å². The Bertz CT molecular complexity index is 775. The van der Waals surface area contributed by atoms with E-state index in [9.17, 15) is 9.18 Å². The van der Waals surface area contributed by atoms with Gasteiger partial charge in [0, 0.05) is 17.8 Å². The first-order chi connectivity index (χ1) is 11.7. The highest BCUT2D eigenvalue weighted by Gasteiger charge is 2.35. The molecule has 2 aromatic rings. The maximum Gasteiger partial charge on any atom is 0.410 e.